The van der Waals surface area contributed by atoms with Crippen molar-refractivity contribution < 1.29 is 9.59 Å². The van der Waals surface area contributed by atoms with E-state index in [1.165, 1.54) is 10.4 Å². The molecule has 5 nitrogen and oxygen atoms in total. The summed E-state index contributed by atoms with van der Waals surface area (Å²) in [5, 5.41) is 8.36. The van der Waals surface area contributed by atoms with Crippen molar-refractivity contribution in [2.75, 3.05) is 23.3 Å². The Morgan fingerprint density at radius 1 is 1.10 bits per heavy atom. The molecule has 0 aliphatic carbocycles. The highest BCUT2D eigenvalue weighted by atomic mass is 32.1. The third-order valence-corrected chi connectivity index (χ3v) is 6.18. The molecule has 6 heteroatoms. The number of rotatable bonds is 7. The molecule has 1 aliphatic rings. The molecule has 3 aromatic rings. The summed E-state index contributed by atoms with van der Waals surface area (Å²) in [7, 11) is 0. The Bertz CT molecular complexity index is 998. The van der Waals surface area contributed by atoms with Gasteiger partial charge in [0.2, 0.25) is 11.8 Å². The zero-order valence-corrected chi connectivity index (χ0v) is 17.7. The first-order valence-corrected chi connectivity index (χ1v) is 11.0. The monoisotopic (exact) mass is 419 g/mol. The number of hydrogen-bond donors (Lipinski definition) is 2. The van der Waals surface area contributed by atoms with Crippen LogP contribution in [0.4, 0.5) is 11.4 Å². The molecule has 1 saturated heterocycles. The lowest BCUT2D eigenvalue weighted by Crippen LogP contribution is -2.31. The lowest BCUT2D eigenvalue weighted by Gasteiger charge is -2.19. The average Bonchev–Trinajstić information content (AvgIpc) is 3.42. The van der Waals surface area contributed by atoms with Gasteiger partial charge in [0, 0.05) is 29.2 Å². The molecule has 30 heavy (non-hydrogen) atoms. The van der Waals surface area contributed by atoms with Gasteiger partial charge in [-0.15, -0.1) is 11.3 Å². The first kappa shape index (κ1) is 20.3. The van der Waals surface area contributed by atoms with Crippen molar-refractivity contribution in [3.8, 4) is 0 Å². The zero-order chi connectivity index (χ0) is 20.9. The molecule has 1 aromatic heterocycles. The Labute approximate surface area is 180 Å². The van der Waals surface area contributed by atoms with Crippen LogP contribution in [0, 0.1) is 6.92 Å². The molecule has 154 valence electrons. The molecule has 4 rings (SSSR count). The Hall–Kier alpha value is -2.96. The normalized spacial score (nSPS) is 14.7. The largest absolute Gasteiger partial charge is 0.325 e. The number of carbonyl (C=O) groups is 2. The van der Waals surface area contributed by atoms with E-state index in [0.717, 1.165) is 29.9 Å². The average molecular weight is 420 g/mol. The highest BCUT2D eigenvalue weighted by Gasteiger charge is 2.21. The predicted molar refractivity (Wildman–Crippen MR) is 122 cm³/mol. The summed E-state index contributed by atoms with van der Waals surface area (Å²) >= 11 is 1.67. The standard InChI is InChI=1S/C24H25N3O2S/c1-17-6-8-18(9-7-17)24(21-4-3-15-30-21)25-16-22(28)26-19-10-12-20(13-11-19)27-14-2-5-23(27)29/h3-4,6-13,15,24-25H,2,5,14,16H2,1H3,(H,26,28). The van der Waals surface area contributed by atoms with Gasteiger partial charge >= 0.3 is 0 Å². The number of aryl methyl sites for hydroxylation is 1. The van der Waals surface area contributed by atoms with Crippen LogP contribution >= 0.6 is 11.3 Å². The van der Waals surface area contributed by atoms with Crippen LogP contribution in [0.15, 0.2) is 66.0 Å². The lowest BCUT2D eigenvalue weighted by molar-refractivity contribution is -0.117. The van der Waals surface area contributed by atoms with Crippen molar-refractivity contribution in [3.05, 3.63) is 82.0 Å². The Kier molecular flexibility index (Phi) is 6.26. The molecule has 0 bridgehead atoms. The molecular weight excluding hydrogens is 394 g/mol. The number of thiophene rings is 1. The van der Waals surface area contributed by atoms with E-state index >= 15 is 0 Å². The number of amides is 2. The van der Waals surface area contributed by atoms with Gasteiger partial charge in [-0.25, -0.2) is 0 Å². The maximum atomic E-state index is 12.5. The van der Waals surface area contributed by atoms with Crippen LogP contribution in [0.3, 0.4) is 0 Å². The molecule has 2 aromatic carbocycles. The van der Waals surface area contributed by atoms with E-state index in [1.807, 2.05) is 35.7 Å². The van der Waals surface area contributed by atoms with E-state index in [1.54, 1.807) is 16.2 Å². The minimum atomic E-state index is -0.103. The number of carbonyl (C=O) groups excluding carboxylic acids is 2. The first-order valence-electron chi connectivity index (χ1n) is 10.1. The highest BCUT2D eigenvalue weighted by Crippen LogP contribution is 2.26. The van der Waals surface area contributed by atoms with E-state index in [2.05, 4.69) is 47.9 Å². The second-order valence-corrected chi connectivity index (χ2v) is 8.46. The van der Waals surface area contributed by atoms with Crippen LogP contribution in [0.1, 0.15) is 34.9 Å². The Balaban J connectivity index is 1.38. The third-order valence-electron chi connectivity index (χ3n) is 5.24. The van der Waals surface area contributed by atoms with Crippen molar-refractivity contribution in [2.24, 2.45) is 0 Å². The van der Waals surface area contributed by atoms with Crippen molar-refractivity contribution in [1.29, 1.82) is 0 Å². The smallest absolute Gasteiger partial charge is 0.238 e. The van der Waals surface area contributed by atoms with Gasteiger partial charge in [-0.2, -0.15) is 0 Å². The van der Waals surface area contributed by atoms with Crippen molar-refractivity contribution in [3.63, 3.8) is 0 Å². The molecule has 0 saturated carbocycles. The Morgan fingerprint density at radius 2 is 1.87 bits per heavy atom. The van der Waals surface area contributed by atoms with Crippen molar-refractivity contribution in [2.45, 2.75) is 25.8 Å². The van der Waals surface area contributed by atoms with Crippen molar-refractivity contribution in [1.82, 2.24) is 5.32 Å². The highest BCUT2D eigenvalue weighted by molar-refractivity contribution is 7.10. The molecular formula is C24H25N3O2S. The lowest BCUT2D eigenvalue weighted by atomic mass is 10.0. The molecule has 2 amide bonds. The van der Waals surface area contributed by atoms with E-state index in [-0.39, 0.29) is 24.4 Å². The summed E-state index contributed by atoms with van der Waals surface area (Å²) in [5.74, 6) is 0.0559. The molecule has 0 radical (unpaired) electrons. The molecule has 1 fully saturated rings. The van der Waals surface area contributed by atoms with Gasteiger partial charge in [-0.05, 0) is 54.6 Å². The number of nitrogens with zero attached hydrogens (tertiary/aromatic N) is 1. The quantitative estimate of drug-likeness (QED) is 0.593. The zero-order valence-electron chi connectivity index (χ0n) is 16.9. The number of hydrogen-bond acceptors (Lipinski definition) is 4. The minimum Gasteiger partial charge on any atom is -0.325 e. The summed E-state index contributed by atoms with van der Waals surface area (Å²) in [4.78, 5) is 27.4. The van der Waals surface area contributed by atoms with Crippen LogP contribution in [0.2, 0.25) is 0 Å². The number of benzene rings is 2. The van der Waals surface area contributed by atoms with E-state index in [0.29, 0.717) is 6.42 Å². The van der Waals surface area contributed by atoms with E-state index < -0.39 is 0 Å². The minimum absolute atomic E-state index is 0.0279. The van der Waals surface area contributed by atoms with Gasteiger partial charge in [0.15, 0.2) is 0 Å². The maximum absolute atomic E-state index is 12.5. The molecule has 2 heterocycles. The fraction of sp³-hybridized carbons (Fsp3) is 0.250. The summed E-state index contributed by atoms with van der Waals surface area (Å²) < 4.78 is 0. The van der Waals surface area contributed by atoms with Gasteiger partial charge in [-0.3, -0.25) is 14.9 Å². The molecule has 1 unspecified atom stereocenters. The van der Waals surface area contributed by atoms with Crippen LogP contribution in [0.25, 0.3) is 0 Å². The topological polar surface area (TPSA) is 61.4 Å². The fourth-order valence-electron chi connectivity index (χ4n) is 3.64. The molecule has 2 N–H and O–H groups in total. The second-order valence-electron chi connectivity index (χ2n) is 7.48. The summed E-state index contributed by atoms with van der Waals surface area (Å²) in [6.07, 6.45) is 1.51. The number of nitrogens with one attached hydrogen (secondary N) is 2. The van der Waals surface area contributed by atoms with E-state index in [9.17, 15) is 9.59 Å². The summed E-state index contributed by atoms with van der Waals surface area (Å²) in [6, 6.07) is 19.9. The molecule has 0 spiro atoms. The Morgan fingerprint density at radius 3 is 2.50 bits per heavy atom. The molecule has 1 atom stereocenters. The van der Waals surface area contributed by atoms with Gasteiger partial charge in [-0.1, -0.05) is 35.9 Å². The van der Waals surface area contributed by atoms with Crippen LogP contribution in [0.5, 0.6) is 0 Å². The second kappa shape index (κ2) is 9.24. The van der Waals surface area contributed by atoms with Crippen LogP contribution in [-0.4, -0.2) is 24.9 Å². The van der Waals surface area contributed by atoms with E-state index in [4.69, 9.17) is 0 Å². The van der Waals surface area contributed by atoms with Gasteiger partial charge in [0.05, 0.1) is 12.6 Å². The fourth-order valence-corrected chi connectivity index (χ4v) is 4.47. The number of anilines is 2. The maximum Gasteiger partial charge on any atom is 0.238 e. The molecule has 1 aliphatic heterocycles. The SMILES string of the molecule is Cc1ccc(C(NCC(=O)Nc2ccc(N3CCCC3=O)cc2)c2cccs2)cc1. The van der Waals surface area contributed by atoms with Crippen molar-refractivity contribution >= 4 is 34.5 Å². The van der Waals surface area contributed by atoms with Gasteiger partial charge in [0.25, 0.3) is 0 Å². The summed E-state index contributed by atoms with van der Waals surface area (Å²) in [6.45, 7) is 3.02. The first-order chi connectivity index (χ1) is 14.6. The van der Waals surface area contributed by atoms with Gasteiger partial charge < -0.3 is 10.2 Å². The predicted octanol–water partition coefficient (Wildman–Crippen LogP) is 4.50. The third kappa shape index (κ3) is 4.78. The van der Waals surface area contributed by atoms with Crippen LogP contribution in [-0.2, 0) is 9.59 Å². The summed E-state index contributed by atoms with van der Waals surface area (Å²) in [5.41, 5.74) is 3.95. The van der Waals surface area contributed by atoms with Gasteiger partial charge in [0.1, 0.15) is 0 Å². The van der Waals surface area contributed by atoms with Crippen LogP contribution < -0.4 is 15.5 Å².